The Labute approximate surface area is 29.9 Å². The molecule has 0 heterocycles. The molecule has 0 saturated heterocycles. The summed E-state index contributed by atoms with van der Waals surface area (Å²) in [6, 6.07) is 0. The number of nitrogens with two attached hydrogens (primary N) is 1. The fraction of sp³-hybridized carbons (Fsp3) is 0. The van der Waals surface area contributed by atoms with E-state index in [1.807, 2.05) is 0 Å². The first-order chi connectivity index (χ1) is 2.00. The molecule has 0 aliphatic carbocycles. The Hall–Kier alpha value is 0.0569. The van der Waals surface area contributed by atoms with Crippen LogP contribution in [-0.2, 0) is 0 Å². The molecule has 0 amide bonds. The van der Waals surface area contributed by atoms with Crippen LogP contribution in [0.25, 0.3) is 0 Å². The van der Waals surface area contributed by atoms with E-state index in [4.69, 9.17) is 14.4 Å². The number of hydrogen-bond donors (Lipinski definition) is 4. The minimum Gasteiger partial charge on any atom is -0.378 e. The third-order valence-corrected chi connectivity index (χ3v) is 0. The van der Waals surface area contributed by atoms with E-state index in [9.17, 15) is 0 Å². The van der Waals surface area contributed by atoms with E-state index in [1.54, 1.807) is 0 Å². The lowest BCUT2D eigenvalue weighted by Crippen LogP contribution is -2.46. The molecule has 5 heteroatoms. The zero-order valence-electron chi connectivity index (χ0n) is 2.42. The Morgan fingerprint density at radius 3 is 1.20 bits per heavy atom. The van der Waals surface area contributed by atoms with Crippen molar-refractivity contribution in [2.75, 3.05) is 0 Å². The minimum absolute atomic E-state index is 4.11. The van der Waals surface area contributed by atoms with Crippen molar-refractivity contribution in [3.63, 3.8) is 0 Å². The third-order valence-electron chi connectivity index (χ3n) is 0. The van der Waals surface area contributed by atoms with Gasteiger partial charge in [-0.05, 0) is 0 Å². The Morgan fingerprint density at radius 1 is 1.20 bits per heavy atom. The van der Waals surface area contributed by atoms with Gasteiger partial charge in [-0.1, -0.05) is 0 Å². The maximum absolute atomic E-state index is 7.55. The second-order valence-electron chi connectivity index (χ2n) is 0.687. The molecule has 0 saturated carbocycles. The van der Waals surface area contributed by atoms with E-state index in [0.29, 0.717) is 0 Å². The van der Waals surface area contributed by atoms with Gasteiger partial charge in [0.25, 0.3) is 0 Å². The van der Waals surface area contributed by atoms with Gasteiger partial charge in [-0.3, -0.25) is 5.40 Å². The Morgan fingerprint density at radius 2 is 1.20 bits per heavy atom. The van der Waals surface area contributed by atoms with Crippen LogP contribution in [0, 0.1) is 0 Å². The van der Waals surface area contributed by atoms with Gasteiger partial charge in [0.1, 0.15) is 0 Å². The topological polar surface area (TPSA) is 86.7 Å². The molecule has 4 nitrogen and oxygen atoms in total. The maximum atomic E-state index is 7.55. The molecule has 0 rings (SSSR count). The van der Waals surface area contributed by atoms with Crippen molar-refractivity contribution < 1.29 is 14.4 Å². The summed E-state index contributed by atoms with van der Waals surface area (Å²) in [5, 5.41) is 4.16. The van der Waals surface area contributed by atoms with E-state index < -0.39 is 8.97 Å². The summed E-state index contributed by atoms with van der Waals surface area (Å²) < 4.78 is 0. The van der Waals surface area contributed by atoms with Gasteiger partial charge < -0.3 is 14.4 Å². The monoisotopic (exact) mass is 95.0 g/mol. The van der Waals surface area contributed by atoms with Crippen LogP contribution in [0.15, 0.2) is 0 Å². The summed E-state index contributed by atoms with van der Waals surface area (Å²) in [4.78, 5) is 22.6. The standard InChI is InChI=1S/H5NO3Si/c1-5(2,3)4/h2-4H,1H2. The second kappa shape index (κ2) is 1.03. The minimum atomic E-state index is -4.11. The molecule has 0 fully saturated rings. The zero-order valence-corrected chi connectivity index (χ0v) is 3.42. The van der Waals surface area contributed by atoms with Gasteiger partial charge in [0.15, 0.2) is 0 Å². The summed E-state index contributed by atoms with van der Waals surface area (Å²) in [6.45, 7) is 0. The lowest BCUT2D eigenvalue weighted by atomic mass is 13.9. The van der Waals surface area contributed by atoms with Crippen molar-refractivity contribution in [2.24, 2.45) is 5.40 Å². The van der Waals surface area contributed by atoms with Gasteiger partial charge in [0, 0.05) is 0 Å². The van der Waals surface area contributed by atoms with E-state index in [2.05, 4.69) is 5.40 Å². The van der Waals surface area contributed by atoms with Gasteiger partial charge in [-0.15, -0.1) is 0 Å². The second-order valence-corrected chi connectivity index (χ2v) is 2.06. The van der Waals surface area contributed by atoms with Crippen LogP contribution in [0.2, 0.25) is 0 Å². The highest BCUT2D eigenvalue weighted by Gasteiger charge is 2.17. The van der Waals surface area contributed by atoms with Crippen molar-refractivity contribution in [1.82, 2.24) is 0 Å². The molecule has 0 aliphatic heterocycles. The van der Waals surface area contributed by atoms with Crippen LogP contribution in [0.3, 0.4) is 0 Å². The normalized spacial score (nSPS) is 12.0. The Balaban J connectivity index is 3.02. The number of hydrogen-bond acceptors (Lipinski definition) is 4. The zero-order chi connectivity index (χ0) is 4.50. The van der Waals surface area contributed by atoms with Gasteiger partial charge in [-0.25, -0.2) is 0 Å². The van der Waals surface area contributed by atoms with Crippen molar-refractivity contribution in [1.29, 1.82) is 0 Å². The van der Waals surface area contributed by atoms with E-state index in [-0.39, 0.29) is 0 Å². The molecule has 0 aromatic heterocycles. The lowest BCUT2D eigenvalue weighted by molar-refractivity contribution is 0.230. The van der Waals surface area contributed by atoms with E-state index in [1.165, 1.54) is 0 Å². The largest absolute Gasteiger partial charge is 0.585 e. The maximum Gasteiger partial charge on any atom is 0.585 e. The summed E-state index contributed by atoms with van der Waals surface area (Å²) in [5.74, 6) is 0. The summed E-state index contributed by atoms with van der Waals surface area (Å²) in [5.41, 5.74) is 0. The van der Waals surface area contributed by atoms with Crippen LogP contribution in [0.1, 0.15) is 0 Å². The number of rotatable bonds is 0. The predicted octanol–water partition coefficient (Wildman–Crippen LogP) is -2.64. The summed E-state index contributed by atoms with van der Waals surface area (Å²) in [7, 11) is -4.11. The lowest BCUT2D eigenvalue weighted by Gasteiger charge is -1.94. The quantitative estimate of drug-likeness (QED) is 0.248. The van der Waals surface area contributed by atoms with E-state index in [0.717, 1.165) is 0 Å². The van der Waals surface area contributed by atoms with Crippen molar-refractivity contribution >= 4 is 8.97 Å². The first-order valence-corrected chi connectivity index (χ1v) is 2.88. The van der Waals surface area contributed by atoms with Crippen LogP contribution in [0.5, 0.6) is 0 Å². The van der Waals surface area contributed by atoms with Gasteiger partial charge in [0.05, 0.1) is 0 Å². The van der Waals surface area contributed by atoms with Crippen LogP contribution in [-0.4, -0.2) is 23.4 Å². The van der Waals surface area contributed by atoms with Crippen molar-refractivity contribution in [2.45, 2.75) is 0 Å². The SMILES string of the molecule is N[Si](O)(O)O. The van der Waals surface area contributed by atoms with Gasteiger partial charge in [0.2, 0.25) is 0 Å². The molecule has 5 heavy (non-hydrogen) atoms. The molecule has 0 unspecified atom stereocenters. The fourth-order valence-electron chi connectivity index (χ4n) is 0. The molecule has 0 atom stereocenters. The van der Waals surface area contributed by atoms with Gasteiger partial charge >= 0.3 is 8.97 Å². The predicted molar refractivity (Wildman–Crippen MR) is 16.6 cm³/mol. The highest BCUT2D eigenvalue weighted by Crippen LogP contribution is 1.60. The van der Waals surface area contributed by atoms with Crippen molar-refractivity contribution in [3.8, 4) is 0 Å². The first kappa shape index (κ1) is 5.06. The molecule has 0 radical (unpaired) electrons. The Kier molecular flexibility index (Phi) is 1.05. The van der Waals surface area contributed by atoms with Crippen LogP contribution < -0.4 is 5.40 Å². The third kappa shape index (κ3) is 5300. The van der Waals surface area contributed by atoms with Crippen LogP contribution >= 0.6 is 0 Å². The molecule has 0 bridgehead atoms. The average Bonchev–Trinajstić information content (AvgIpc) is 0.722. The fourth-order valence-corrected chi connectivity index (χ4v) is 0. The van der Waals surface area contributed by atoms with E-state index >= 15 is 0 Å². The van der Waals surface area contributed by atoms with Crippen LogP contribution in [0.4, 0.5) is 0 Å². The molecule has 5 N–H and O–H groups in total. The molecule has 0 aliphatic rings. The Bertz CT molecular complexity index is 22.4. The molecule has 0 aromatic carbocycles. The summed E-state index contributed by atoms with van der Waals surface area (Å²) in [6.07, 6.45) is 0. The molecular weight excluding hydrogens is 90.1 g/mol. The molecule has 32 valence electrons. The highest BCUT2D eigenvalue weighted by molar-refractivity contribution is 6.52. The molecule has 0 spiro atoms. The summed E-state index contributed by atoms with van der Waals surface area (Å²) >= 11 is 0. The first-order valence-electron chi connectivity index (χ1n) is 0.959. The van der Waals surface area contributed by atoms with Crippen molar-refractivity contribution in [3.05, 3.63) is 0 Å². The smallest absolute Gasteiger partial charge is 0.378 e. The van der Waals surface area contributed by atoms with Gasteiger partial charge in [-0.2, -0.15) is 0 Å². The highest BCUT2D eigenvalue weighted by atomic mass is 28.4. The average molecular weight is 95.1 g/mol. The molecule has 0 aromatic rings. The molecular formula is H5NO3Si.